The van der Waals surface area contributed by atoms with E-state index in [9.17, 15) is 10.1 Å². The van der Waals surface area contributed by atoms with E-state index in [1.54, 1.807) is 20.1 Å². The summed E-state index contributed by atoms with van der Waals surface area (Å²) in [5.74, 6) is 0.788. The Bertz CT molecular complexity index is 536. The lowest BCUT2D eigenvalue weighted by atomic mass is 10.1. The summed E-state index contributed by atoms with van der Waals surface area (Å²) in [6, 6.07) is 7.60. The Morgan fingerprint density at radius 2 is 2.40 bits per heavy atom. The van der Waals surface area contributed by atoms with E-state index in [4.69, 9.17) is 4.74 Å². The Labute approximate surface area is 119 Å². The molecule has 1 saturated heterocycles. The number of benzene rings is 1. The molecular formula is C15H19N3O2. The van der Waals surface area contributed by atoms with E-state index in [0.29, 0.717) is 18.7 Å². The van der Waals surface area contributed by atoms with Crippen molar-refractivity contribution in [2.75, 3.05) is 26.7 Å². The molecule has 1 aliphatic heterocycles. The predicted octanol–water partition coefficient (Wildman–Crippen LogP) is 1.20. The van der Waals surface area contributed by atoms with Gasteiger partial charge in [-0.1, -0.05) is 0 Å². The summed E-state index contributed by atoms with van der Waals surface area (Å²) in [6.45, 7) is 4.52. The van der Waals surface area contributed by atoms with E-state index in [1.165, 1.54) is 0 Å². The van der Waals surface area contributed by atoms with E-state index in [2.05, 4.69) is 16.3 Å². The van der Waals surface area contributed by atoms with Crippen molar-refractivity contribution in [1.82, 2.24) is 10.2 Å². The number of Topliss-reactive ketones (excluding diaryl/α,β-unsaturated/α-hetero) is 1. The molecule has 1 heterocycles. The van der Waals surface area contributed by atoms with Crippen LogP contribution in [0.5, 0.6) is 5.75 Å². The van der Waals surface area contributed by atoms with Crippen LogP contribution in [0, 0.1) is 11.3 Å². The number of ketones is 1. The molecule has 1 N–H and O–H groups in total. The van der Waals surface area contributed by atoms with E-state index >= 15 is 0 Å². The van der Waals surface area contributed by atoms with Gasteiger partial charge in [0.1, 0.15) is 11.8 Å². The quantitative estimate of drug-likeness (QED) is 0.835. The van der Waals surface area contributed by atoms with E-state index in [1.807, 2.05) is 12.1 Å². The van der Waals surface area contributed by atoms with Crippen LogP contribution >= 0.6 is 0 Å². The molecular weight excluding hydrogens is 254 g/mol. The first-order valence-corrected chi connectivity index (χ1v) is 6.68. The Hall–Kier alpha value is -1.90. The molecule has 1 aliphatic rings. The third-order valence-corrected chi connectivity index (χ3v) is 3.56. The molecule has 2 rings (SSSR count). The lowest BCUT2D eigenvalue weighted by Crippen LogP contribution is -2.50. The lowest BCUT2D eigenvalue weighted by molar-refractivity contribution is 0.101. The van der Waals surface area contributed by atoms with E-state index < -0.39 is 0 Å². The molecule has 1 aromatic carbocycles. The molecule has 0 radical (unpaired) electrons. The maximum absolute atomic E-state index is 11.5. The molecule has 106 valence electrons. The number of ether oxygens (including phenoxy) is 1. The number of nitrogens with zero attached hydrogens (tertiary/aromatic N) is 2. The zero-order valence-electron chi connectivity index (χ0n) is 11.8. The summed E-state index contributed by atoms with van der Waals surface area (Å²) in [5, 5.41) is 12.4. The number of piperazine rings is 1. The molecule has 1 fully saturated rings. The second-order valence-corrected chi connectivity index (χ2v) is 4.90. The third-order valence-electron chi connectivity index (χ3n) is 3.56. The molecule has 1 unspecified atom stereocenters. The molecule has 0 bridgehead atoms. The van der Waals surface area contributed by atoms with Crippen molar-refractivity contribution >= 4 is 5.78 Å². The van der Waals surface area contributed by atoms with Gasteiger partial charge in [0.05, 0.1) is 13.2 Å². The number of carbonyl (C=O) groups is 1. The number of methoxy groups -OCH3 is 1. The average molecular weight is 273 g/mol. The van der Waals surface area contributed by atoms with Crippen molar-refractivity contribution < 1.29 is 9.53 Å². The van der Waals surface area contributed by atoms with Gasteiger partial charge in [-0.3, -0.25) is 9.69 Å². The second-order valence-electron chi connectivity index (χ2n) is 4.90. The monoisotopic (exact) mass is 273 g/mol. The van der Waals surface area contributed by atoms with E-state index in [-0.39, 0.29) is 11.8 Å². The second kappa shape index (κ2) is 6.51. The minimum Gasteiger partial charge on any atom is -0.496 e. The van der Waals surface area contributed by atoms with Gasteiger partial charge in [-0.05, 0) is 25.1 Å². The molecule has 0 aliphatic carbocycles. The SMILES string of the molecule is COc1ccc(C(C)=O)cc1CN1CCNCC1C#N. The van der Waals surface area contributed by atoms with Gasteiger partial charge < -0.3 is 10.1 Å². The predicted molar refractivity (Wildman–Crippen MR) is 75.7 cm³/mol. The fraction of sp³-hybridized carbons (Fsp3) is 0.467. The first-order valence-electron chi connectivity index (χ1n) is 6.68. The molecule has 5 nitrogen and oxygen atoms in total. The fourth-order valence-corrected chi connectivity index (χ4v) is 2.40. The van der Waals surface area contributed by atoms with Gasteiger partial charge in [0.2, 0.25) is 0 Å². The molecule has 0 aromatic heterocycles. The van der Waals surface area contributed by atoms with Gasteiger partial charge in [0.15, 0.2) is 5.78 Å². The van der Waals surface area contributed by atoms with E-state index in [0.717, 1.165) is 24.4 Å². The molecule has 5 heteroatoms. The zero-order valence-corrected chi connectivity index (χ0v) is 11.8. The highest BCUT2D eigenvalue weighted by Gasteiger charge is 2.23. The highest BCUT2D eigenvalue weighted by Crippen LogP contribution is 2.23. The fourth-order valence-electron chi connectivity index (χ4n) is 2.40. The van der Waals surface area contributed by atoms with Crippen LogP contribution in [-0.2, 0) is 6.54 Å². The molecule has 1 atom stereocenters. The number of nitrogens with one attached hydrogen (secondary N) is 1. The summed E-state index contributed by atoms with van der Waals surface area (Å²) in [5.41, 5.74) is 1.62. The largest absolute Gasteiger partial charge is 0.496 e. The number of hydrogen-bond acceptors (Lipinski definition) is 5. The Morgan fingerprint density at radius 3 is 3.05 bits per heavy atom. The van der Waals surface area contributed by atoms with Crippen LogP contribution in [0.3, 0.4) is 0 Å². The van der Waals surface area contributed by atoms with Crippen LogP contribution in [0.4, 0.5) is 0 Å². The summed E-state index contributed by atoms with van der Waals surface area (Å²) < 4.78 is 5.35. The average Bonchev–Trinajstić information content (AvgIpc) is 2.47. The molecule has 1 aromatic rings. The van der Waals surface area contributed by atoms with Gasteiger partial charge >= 0.3 is 0 Å². The van der Waals surface area contributed by atoms with Crippen molar-refractivity contribution in [3.05, 3.63) is 29.3 Å². The van der Waals surface area contributed by atoms with Gasteiger partial charge in [-0.25, -0.2) is 0 Å². The topological polar surface area (TPSA) is 65.4 Å². The van der Waals surface area contributed by atoms with Gasteiger partial charge in [-0.15, -0.1) is 0 Å². The van der Waals surface area contributed by atoms with Crippen molar-refractivity contribution in [3.8, 4) is 11.8 Å². The normalized spacial score (nSPS) is 19.4. The van der Waals surface area contributed by atoms with Crippen LogP contribution in [0.2, 0.25) is 0 Å². The van der Waals surface area contributed by atoms with Crippen LogP contribution in [0.25, 0.3) is 0 Å². The highest BCUT2D eigenvalue weighted by molar-refractivity contribution is 5.94. The maximum Gasteiger partial charge on any atom is 0.159 e. The highest BCUT2D eigenvalue weighted by atomic mass is 16.5. The maximum atomic E-state index is 11.5. The first kappa shape index (κ1) is 14.5. The molecule has 0 saturated carbocycles. The summed E-state index contributed by atoms with van der Waals surface area (Å²) in [7, 11) is 1.62. The molecule has 0 amide bonds. The Morgan fingerprint density at radius 1 is 1.60 bits per heavy atom. The first-order chi connectivity index (χ1) is 9.65. The van der Waals surface area contributed by atoms with Crippen molar-refractivity contribution in [1.29, 1.82) is 5.26 Å². The van der Waals surface area contributed by atoms with Gasteiger partial charge in [-0.2, -0.15) is 5.26 Å². The van der Waals surface area contributed by atoms with Crippen molar-refractivity contribution in [2.45, 2.75) is 19.5 Å². The summed E-state index contributed by atoms with van der Waals surface area (Å²) in [4.78, 5) is 13.6. The lowest BCUT2D eigenvalue weighted by Gasteiger charge is -2.32. The van der Waals surface area contributed by atoms with Crippen LogP contribution in [0.1, 0.15) is 22.8 Å². The van der Waals surface area contributed by atoms with Crippen LogP contribution in [0.15, 0.2) is 18.2 Å². The molecule has 20 heavy (non-hydrogen) atoms. The Kier molecular flexibility index (Phi) is 4.72. The number of hydrogen-bond donors (Lipinski definition) is 1. The molecule has 0 spiro atoms. The number of rotatable bonds is 4. The van der Waals surface area contributed by atoms with Crippen LogP contribution < -0.4 is 10.1 Å². The summed E-state index contributed by atoms with van der Waals surface area (Å²) in [6.07, 6.45) is 0. The van der Waals surface area contributed by atoms with Crippen molar-refractivity contribution in [2.24, 2.45) is 0 Å². The Balaban J connectivity index is 2.24. The van der Waals surface area contributed by atoms with Crippen molar-refractivity contribution in [3.63, 3.8) is 0 Å². The van der Waals surface area contributed by atoms with Gasteiger partial charge in [0.25, 0.3) is 0 Å². The minimum absolute atomic E-state index is 0.0334. The number of nitriles is 1. The minimum atomic E-state index is -0.144. The third kappa shape index (κ3) is 3.16. The van der Waals surface area contributed by atoms with Crippen LogP contribution in [-0.4, -0.2) is 43.5 Å². The number of carbonyl (C=O) groups excluding carboxylic acids is 1. The zero-order chi connectivity index (χ0) is 14.5. The standard InChI is InChI=1S/C15H19N3O2/c1-11(19)12-3-4-15(20-2)13(7-12)10-18-6-5-17-9-14(18)8-16/h3-4,7,14,17H,5-6,9-10H2,1-2H3. The summed E-state index contributed by atoms with van der Waals surface area (Å²) >= 11 is 0. The smallest absolute Gasteiger partial charge is 0.159 e. The van der Waals surface area contributed by atoms with Gasteiger partial charge in [0, 0.05) is 37.3 Å².